The highest BCUT2D eigenvalue weighted by Gasteiger charge is 2.24. The van der Waals surface area contributed by atoms with Crippen LogP contribution in [0.3, 0.4) is 0 Å². The van der Waals surface area contributed by atoms with Gasteiger partial charge in [-0.2, -0.15) is 5.26 Å². The average Bonchev–Trinajstić information content (AvgIpc) is 2.75. The highest BCUT2D eigenvalue weighted by molar-refractivity contribution is 5.96. The minimum Gasteiger partial charge on any atom is -0.506 e. The Morgan fingerprint density at radius 2 is 1.83 bits per heavy atom. The SMILES string of the molecule is COc1ccccc1N(CCC#N)C(=O)CN1CCN(c2ccccc2O)CC1. The molecule has 1 N–H and O–H groups in total. The second-order valence-electron chi connectivity index (χ2n) is 6.88. The smallest absolute Gasteiger partial charge is 0.241 e. The number of phenols is 1. The van der Waals surface area contributed by atoms with Crippen molar-refractivity contribution in [2.24, 2.45) is 0 Å². The molecule has 1 fully saturated rings. The molecule has 1 aliphatic rings. The summed E-state index contributed by atoms with van der Waals surface area (Å²) in [6.45, 7) is 3.51. The number of para-hydroxylation sites is 4. The van der Waals surface area contributed by atoms with Crippen molar-refractivity contribution in [3.05, 3.63) is 48.5 Å². The molecular weight excluding hydrogens is 368 g/mol. The first-order chi connectivity index (χ1) is 14.1. The Kier molecular flexibility index (Phi) is 6.93. The van der Waals surface area contributed by atoms with Crippen molar-refractivity contribution in [1.29, 1.82) is 5.26 Å². The van der Waals surface area contributed by atoms with E-state index in [1.807, 2.05) is 36.4 Å². The van der Waals surface area contributed by atoms with Crippen molar-refractivity contribution in [3.8, 4) is 17.6 Å². The van der Waals surface area contributed by atoms with E-state index in [-0.39, 0.29) is 24.6 Å². The van der Waals surface area contributed by atoms with Gasteiger partial charge in [0.25, 0.3) is 0 Å². The fourth-order valence-corrected chi connectivity index (χ4v) is 3.55. The summed E-state index contributed by atoms with van der Waals surface area (Å²) in [6, 6.07) is 16.8. The van der Waals surface area contributed by atoms with Gasteiger partial charge in [0.1, 0.15) is 11.5 Å². The number of nitrogens with zero attached hydrogens (tertiary/aromatic N) is 4. The van der Waals surface area contributed by atoms with Gasteiger partial charge in [0, 0.05) is 32.7 Å². The number of piperazine rings is 1. The van der Waals surface area contributed by atoms with Crippen LogP contribution in [0.15, 0.2) is 48.5 Å². The number of carbonyl (C=O) groups excluding carboxylic acids is 1. The molecule has 29 heavy (non-hydrogen) atoms. The molecule has 0 bridgehead atoms. The minimum absolute atomic E-state index is 0.0549. The first-order valence-corrected chi connectivity index (χ1v) is 9.69. The molecule has 0 unspecified atom stereocenters. The molecule has 1 heterocycles. The standard InChI is InChI=1S/C22H26N4O3/c1-29-21-10-5-3-8-19(21)26(12-6-11-23)22(28)17-24-13-15-25(16-14-24)18-7-2-4-9-20(18)27/h2-5,7-10,27H,6,12-17H2,1H3. The van der Waals surface area contributed by atoms with E-state index in [9.17, 15) is 9.90 Å². The number of aromatic hydroxyl groups is 1. The maximum atomic E-state index is 13.1. The van der Waals surface area contributed by atoms with Gasteiger partial charge in [-0.15, -0.1) is 0 Å². The number of benzene rings is 2. The van der Waals surface area contributed by atoms with Crippen molar-refractivity contribution >= 4 is 17.3 Å². The molecule has 0 aliphatic carbocycles. The molecular formula is C22H26N4O3. The van der Waals surface area contributed by atoms with Gasteiger partial charge in [0.2, 0.25) is 5.91 Å². The summed E-state index contributed by atoms with van der Waals surface area (Å²) in [7, 11) is 1.57. The van der Waals surface area contributed by atoms with Crippen molar-refractivity contribution in [2.45, 2.75) is 6.42 Å². The number of carbonyl (C=O) groups is 1. The summed E-state index contributed by atoms with van der Waals surface area (Å²) in [5, 5.41) is 19.0. The van der Waals surface area contributed by atoms with E-state index in [1.54, 1.807) is 24.1 Å². The fraction of sp³-hybridized carbons (Fsp3) is 0.364. The van der Waals surface area contributed by atoms with E-state index in [0.717, 1.165) is 31.9 Å². The third-order valence-corrected chi connectivity index (χ3v) is 5.08. The largest absolute Gasteiger partial charge is 0.506 e. The maximum absolute atomic E-state index is 13.1. The van der Waals surface area contributed by atoms with Gasteiger partial charge in [0.15, 0.2) is 0 Å². The molecule has 7 nitrogen and oxygen atoms in total. The maximum Gasteiger partial charge on any atom is 0.241 e. The monoisotopic (exact) mass is 394 g/mol. The lowest BCUT2D eigenvalue weighted by molar-refractivity contribution is -0.119. The Labute approximate surface area is 171 Å². The molecule has 1 amide bonds. The zero-order valence-electron chi connectivity index (χ0n) is 16.6. The summed E-state index contributed by atoms with van der Waals surface area (Å²) in [5.74, 6) is 0.833. The van der Waals surface area contributed by atoms with E-state index in [0.29, 0.717) is 18.0 Å². The minimum atomic E-state index is -0.0549. The zero-order valence-corrected chi connectivity index (χ0v) is 16.6. The molecule has 2 aromatic rings. The number of rotatable bonds is 7. The number of amides is 1. The Morgan fingerprint density at radius 1 is 1.14 bits per heavy atom. The molecule has 0 saturated carbocycles. The van der Waals surface area contributed by atoms with Gasteiger partial charge in [-0.25, -0.2) is 0 Å². The second-order valence-corrected chi connectivity index (χ2v) is 6.88. The molecule has 2 aromatic carbocycles. The van der Waals surface area contributed by atoms with Crippen LogP contribution in [0, 0.1) is 11.3 Å². The van der Waals surface area contributed by atoms with Crippen LogP contribution < -0.4 is 14.5 Å². The van der Waals surface area contributed by atoms with Crippen molar-refractivity contribution in [3.63, 3.8) is 0 Å². The van der Waals surface area contributed by atoms with Crippen molar-refractivity contribution < 1.29 is 14.6 Å². The molecule has 7 heteroatoms. The molecule has 1 saturated heterocycles. The quantitative estimate of drug-likeness (QED) is 0.777. The predicted octanol–water partition coefficient (Wildman–Crippen LogP) is 2.47. The summed E-state index contributed by atoms with van der Waals surface area (Å²) in [5.41, 5.74) is 1.51. The number of phenolic OH excluding ortho intramolecular Hbond substituents is 1. The van der Waals surface area contributed by atoms with Crippen LogP contribution in [0.4, 0.5) is 11.4 Å². The third-order valence-electron chi connectivity index (χ3n) is 5.08. The molecule has 0 radical (unpaired) electrons. The molecule has 0 spiro atoms. The van der Waals surface area contributed by atoms with Gasteiger partial charge < -0.3 is 19.6 Å². The second kappa shape index (κ2) is 9.80. The van der Waals surface area contributed by atoms with Crippen LogP contribution >= 0.6 is 0 Å². The van der Waals surface area contributed by atoms with Crippen LogP contribution in [0.5, 0.6) is 11.5 Å². The van der Waals surface area contributed by atoms with E-state index in [4.69, 9.17) is 10.00 Å². The van der Waals surface area contributed by atoms with E-state index >= 15 is 0 Å². The van der Waals surface area contributed by atoms with E-state index in [2.05, 4.69) is 15.9 Å². The summed E-state index contributed by atoms with van der Waals surface area (Å²) in [4.78, 5) is 18.9. The first kappa shape index (κ1) is 20.5. The van der Waals surface area contributed by atoms with Crippen molar-refractivity contribution in [2.75, 3.05) is 56.2 Å². The summed E-state index contributed by atoms with van der Waals surface area (Å²) in [6.07, 6.45) is 0.255. The van der Waals surface area contributed by atoms with Gasteiger partial charge >= 0.3 is 0 Å². The average molecular weight is 394 g/mol. The van der Waals surface area contributed by atoms with Gasteiger partial charge in [0.05, 0.1) is 37.5 Å². The number of nitriles is 1. The highest BCUT2D eigenvalue weighted by atomic mass is 16.5. The van der Waals surface area contributed by atoms with E-state index in [1.165, 1.54) is 0 Å². The van der Waals surface area contributed by atoms with Crippen LogP contribution in [0.2, 0.25) is 0 Å². The Bertz CT molecular complexity index is 872. The highest BCUT2D eigenvalue weighted by Crippen LogP contribution is 2.29. The van der Waals surface area contributed by atoms with Gasteiger partial charge in [-0.1, -0.05) is 24.3 Å². The lowest BCUT2D eigenvalue weighted by Gasteiger charge is -2.36. The van der Waals surface area contributed by atoms with Crippen LogP contribution in [-0.4, -0.2) is 62.3 Å². The van der Waals surface area contributed by atoms with E-state index < -0.39 is 0 Å². The zero-order chi connectivity index (χ0) is 20.6. The molecule has 0 atom stereocenters. The number of methoxy groups -OCH3 is 1. The number of anilines is 2. The van der Waals surface area contributed by atoms with Crippen molar-refractivity contribution in [1.82, 2.24) is 4.90 Å². The normalized spacial score (nSPS) is 14.3. The Hall–Kier alpha value is -3.24. The molecule has 1 aliphatic heterocycles. The predicted molar refractivity (Wildman–Crippen MR) is 112 cm³/mol. The lowest BCUT2D eigenvalue weighted by Crippen LogP contribution is -2.50. The number of ether oxygens (including phenoxy) is 1. The molecule has 3 rings (SSSR count). The Balaban J connectivity index is 1.65. The van der Waals surface area contributed by atoms with Gasteiger partial charge in [-0.3, -0.25) is 9.69 Å². The number of hydrogen-bond acceptors (Lipinski definition) is 6. The van der Waals surface area contributed by atoms with Gasteiger partial charge in [-0.05, 0) is 24.3 Å². The summed E-state index contributed by atoms with van der Waals surface area (Å²) >= 11 is 0. The topological polar surface area (TPSA) is 80.0 Å². The summed E-state index contributed by atoms with van der Waals surface area (Å²) < 4.78 is 5.40. The van der Waals surface area contributed by atoms with Crippen LogP contribution in [0.1, 0.15) is 6.42 Å². The fourth-order valence-electron chi connectivity index (χ4n) is 3.55. The first-order valence-electron chi connectivity index (χ1n) is 9.69. The van der Waals surface area contributed by atoms with Crippen LogP contribution in [-0.2, 0) is 4.79 Å². The molecule has 0 aromatic heterocycles. The van der Waals surface area contributed by atoms with Crippen LogP contribution in [0.25, 0.3) is 0 Å². The number of hydrogen-bond donors (Lipinski definition) is 1. The Morgan fingerprint density at radius 3 is 2.52 bits per heavy atom. The molecule has 152 valence electrons. The lowest BCUT2D eigenvalue weighted by atomic mass is 10.2. The third kappa shape index (κ3) is 4.98.